The highest BCUT2D eigenvalue weighted by atomic mass is 35.5. The Morgan fingerprint density at radius 1 is 0.811 bits per heavy atom. The Bertz CT molecular complexity index is 1590. The molecule has 0 atom stereocenters. The molecule has 1 aliphatic carbocycles. The van der Waals surface area contributed by atoms with Gasteiger partial charge in [-0.2, -0.15) is 0 Å². The van der Waals surface area contributed by atoms with E-state index in [1.807, 2.05) is 12.1 Å². The van der Waals surface area contributed by atoms with Crippen molar-refractivity contribution in [1.82, 2.24) is 0 Å². The zero-order valence-corrected chi connectivity index (χ0v) is 19.7. The number of carbonyl (C=O) groups is 3. The van der Waals surface area contributed by atoms with E-state index >= 15 is 0 Å². The number of halogens is 1. The third kappa shape index (κ3) is 4.57. The fourth-order valence-electron chi connectivity index (χ4n) is 4.02. The van der Waals surface area contributed by atoms with E-state index in [9.17, 15) is 24.5 Å². The summed E-state index contributed by atoms with van der Waals surface area (Å²) in [5.41, 5.74) is 2.67. The van der Waals surface area contributed by atoms with Crippen molar-refractivity contribution in [2.24, 2.45) is 0 Å². The second kappa shape index (κ2) is 9.67. The first-order valence-corrected chi connectivity index (χ1v) is 11.4. The molecule has 9 heteroatoms. The number of Topliss-reactive ketones (excluding diaryl/α,β-unsaturated/α-hetero) is 1. The van der Waals surface area contributed by atoms with Gasteiger partial charge in [0.25, 0.3) is 0 Å². The van der Waals surface area contributed by atoms with Gasteiger partial charge in [0.15, 0.2) is 18.2 Å². The third-order valence-electron chi connectivity index (χ3n) is 5.84. The molecule has 4 aromatic rings. The molecule has 37 heavy (non-hydrogen) atoms. The maximum absolute atomic E-state index is 12.6. The second-order valence-corrected chi connectivity index (χ2v) is 8.51. The molecule has 0 aliphatic heterocycles. The van der Waals surface area contributed by atoms with Crippen LogP contribution in [0.5, 0.6) is 11.5 Å². The Morgan fingerprint density at radius 2 is 1.49 bits per heavy atom. The van der Waals surface area contributed by atoms with Crippen molar-refractivity contribution in [3.8, 4) is 22.6 Å². The first-order valence-electron chi connectivity index (χ1n) is 11.0. The van der Waals surface area contributed by atoms with Gasteiger partial charge in [-0.25, -0.2) is 4.79 Å². The van der Waals surface area contributed by atoms with Gasteiger partial charge in [0, 0.05) is 22.8 Å². The predicted octanol–water partition coefficient (Wildman–Crippen LogP) is 6.29. The monoisotopic (exact) mass is 513 g/mol. The molecule has 1 aliphatic rings. The number of nitrogens with zero attached hydrogens (tertiary/aromatic N) is 1. The van der Waals surface area contributed by atoms with Crippen LogP contribution in [0, 0.1) is 10.1 Å². The summed E-state index contributed by atoms with van der Waals surface area (Å²) < 4.78 is 10.8. The molecular formula is C28H16ClNO7. The average Bonchev–Trinajstić information content (AvgIpc) is 3.20. The molecule has 0 fully saturated rings. The van der Waals surface area contributed by atoms with Gasteiger partial charge < -0.3 is 9.47 Å². The summed E-state index contributed by atoms with van der Waals surface area (Å²) in [5, 5.41) is 11.3. The molecule has 5 rings (SSSR count). The topological polar surface area (TPSA) is 113 Å². The zero-order valence-electron chi connectivity index (χ0n) is 19.0. The summed E-state index contributed by atoms with van der Waals surface area (Å²) in [6.07, 6.45) is 0. The highest BCUT2D eigenvalue weighted by molar-refractivity contribution is 6.32. The van der Waals surface area contributed by atoms with E-state index in [1.165, 1.54) is 48.5 Å². The second-order valence-electron chi connectivity index (χ2n) is 8.11. The molecule has 8 nitrogen and oxygen atoms in total. The number of fused-ring (bicyclic) bond motifs is 3. The number of ketones is 2. The summed E-state index contributed by atoms with van der Waals surface area (Å²) in [7, 11) is 0. The van der Waals surface area contributed by atoms with Gasteiger partial charge in [0.1, 0.15) is 5.75 Å². The van der Waals surface area contributed by atoms with E-state index in [0.717, 1.165) is 5.56 Å². The first kappa shape index (κ1) is 23.9. The number of carbonyl (C=O) groups excluding carboxylic acids is 3. The van der Waals surface area contributed by atoms with Gasteiger partial charge >= 0.3 is 11.7 Å². The number of benzene rings is 4. The fraction of sp³-hybridized carbons (Fsp3) is 0.0357. The van der Waals surface area contributed by atoms with Crippen LogP contribution in [-0.2, 0) is 4.74 Å². The Morgan fingerprint density at radius 3 is 2.22 bits per heavy atom. The van der Waals surface area contributed by atoms with Gasteiger partial charge in [-0.3, -0.25) is 19.7 Å². The molecule has 0 unspecified atom stereocenters. The lowest BCUT2D eigenvalue weighted by Crippen LogP contribution is -2.14. The molecule has 0 spiro atoms. The quantitative estimate of drug-likeness (QED) is 0.109. The number of para-hydroxylation sites is 1. The fourth-order valence-corrected chi connectivity index (χ4v) is 4.23. The van der Waals surface area contributed by atoms with Gasteiger partial charge in [0.05, 0.1) is 15.5 Å². The highest BCUT2D eigenvalue weighted by Crippen LogP contribution is 2.38. The van der Waals surface area contributed by atoms with Crippen LogP contribution in [0.4, 0.5) is 5.69 Å². The number of esters is 1. The Kier molecular flexibility index (Phi) is 6.25. The maximum atomic E-state index is 12.6. The summed E-state index contributed by atoms with van der Waals surface area (Å²) >= 11 is 6.04. The molecule has 0 amide bonds. The SMILES string of the molecule is O=C(COC(=O)c1ccc2c(c1)-c1ccccc1C2=O)c1ccc(Oc2c(Cl)cccc2[N+](=O)[O-])cc1. The van der Waals surface area contributed by atoms with Crippen LogP contribution in [-0.4, -0.2) is 29.1 Å². The number of nitro groups is 1. The lowest BCUT2D eigenvalue weighted by Gasteiger charge is -2.09. The predicted molar refractivity (Wildman–Crippen MR) is 135 cm³/mol. The molecular weight excluding hydrogens is 498 g/mol. The summed E-state index contributed by atoms with van der Waals surface area (Å²) in [5.74, 6) is -1.12. The van der Waals surface area contributed by atoms with Crippen molar-refractivity contribution < 1.29 is 28.8 Å². The average molecular weight is 514 g/mol. The van der Waals surface area contributed by atoms with Crippen molar-refractivity contribution in [2.45, 2.75) is 0 Å². The molecule has 0 bridgehead atoms. The first-order chi connectivity index (χ1) is 17.8. The molecule has 0 radical (unpaired) electrons. The number of nitro benzene ring substituents is 1. The van der Waals surface area contributed by atoms with Crippen molar-refractivity contribution in [3.63, 3.8) is 0 Å². The number of hydrogen-bond acceptors (Lipinski definition) is 7. The molecule has 0 saturated heterocycles. The number of ether oxygens (including phenoxy) is 2. The van der Waals surface area contributed by atoms with Gasteiger partial charge in [-0.15, -0.1) is 0 Å². The van der Waals surface area contributed by atoms with Gasteiger partial charge in [0.2, 0.25) is 5.75 Å². The van der Waals surface area contributed by atoms with Gasteiger partial charge in [-0.05, 0) is 59.7 Å². The third-order valence-corrected chi connectivity index (χ3v) is 6.13. The summed E-state index contributed by atoms with van der Waals surface area (Å²) in [4.78, 5) is 48.3. The van der Waals surface area contributed by atoms with E-state index in [0.29, 0.717) is 16.7 Å². The van der Waals surface area contributed by atoms with Crippen LogP contribution in [0.25, 0.3) is 11.1 Å². The van der Waals surface area contributed by atoms with Crippen molar-refractivity contribution in [3.05, 3.63) is 122 Å². The molecule has 0 heterocycles. The van der Waals surface area contributed by atoms with E-state index in [-0.39, 0.29) is 39.1 Å². The summed E-state index contributed by atoms with van der Waals surface area (Å²) in [6.45, 7) is -0.498. The lowest BCUT2D eigenvalue weighted by atomic mass is 10.0. The zero-order chi connectivity index (χ0) is 26.1. The Balaban J connectivity index is 1.25. The van der Waals surface area contributed by atoms with E-state index < -0.39 is 23.3 Å². The normalized spacial score (nSPS) is 11.4. The van der Waals surface area contributed by atoms with Crippen LogP contribution in [0.3, 0.4) is 0 Å². The minimum Gasteiger partial charge on any atom is -0.454 e. The Hall–Kier alpha value is -4.82. The minimum atomic E-state index is -0.695. The highest BCUT2D eigenvalue weighted by Gasteiger charge is 2.27. The minimum absolute atomic E-state index is 0.0701. The van der Waals surface area contributed by atoms with Crippen molar-refractivity contribution in [1.29, 1.82) is 0 Å². The number of hydrogen-bond donors (Lipinski definition) is 0. The molecule has 182 valence electrons. The van der Waals surface area contributed by atoms with E-state index in [4.69, 9.17) is 21.1 Å². The molecule has 4 aromatic carbocycles. The van der Waals surface area contributed by atoms with E-state index in [2.05, 4.69) is 0 Å². The standard InChI is InChI=1S/C28H16ClNO7/c29-23-6-3-7-24(30(34)35)27(23)37-18-11-8-16(9-12-18)25(31)15-36-28(33)17-10-13-21-22(14-17)19-4-1-2-5-20(19)26(21)32/h1-14H,15H2. The largest absolute Gasteiger partial charge is 0.454 e. The van der Waals surface area contributed by atoms with Crippen LogP contribution >= 0.6 is 11.6 Å². The molecule has 0 N–H and O–H groups in total. The smallest absolute Gasteiger partial charge is 0.338 e. The van der Waals surface area contributed by atoms with Gasteiger partial charge in [-0.1, -0.05) is 41.9 Å². The van der Waals surface area contributed by atoms with Crippen LogP contribution in [0.1, 0.15) is 36.6 Å². The molecule has 0 saturated carbocycles. The van der Waals surface area contributed by atoms with Crippen LogP contribution in [0.2, 0.25) is 5.02 Å². The van der Waals surface area contributed by atoms with E-state index in [1.54, 1.807) is 24.3 Å². The lowest BCUT2D eigenvalue weighted by molar-refractivity contribution is -0.385. The van der Waals surface area contributed by atoms with Crippen LogP contribution in [0.15, 0.2) is 84.9 Å². The Labute approximate surface area is 215 Å². The van der Waals surface area contributed by atoms with Crippen LogP contribution < -0.4 is 4.74 Å². The van der Waals surface area contributed by atoms with Crippen molar-refractivity contribution >= 4 is 34.8 Å². The van der Waals surface area contributed by atoms with Crippen molar-refractivity contribution in [2.75, 3.05) is 6.61 Å². The maximum Gasteiger partial charge on any atom is 0.338 e. The molecule has 0 aromatic heterocycles. The summed E-state index contributed by atoms with van der Waals surface area (Å²) in [6, 6.07) is 21.8. The number of rotatable bonds is 7.